The SMILES string of the molecule is CCCNC(=O)CNC(C)(CN)C1CC1.Cl. The molecule has 5 heteroatoms. The van der Waals surface area contributed by atoms with Gasteiger partial charge in [0.1, 0.15) is 0 Å². The first-order valence-corrected chi connectivity index (χ1v) is 5.84. The highest BCUT2D eigenvalue weighted by Crippen LogP contribution is 2.38. The van der Waals surface area contributed by atoms with Crippen molar-refractivity contribution >= 4 is 18.3 Å². The first kappa shape index (κ1) is 15.7. The number of nitrogens with two attached hydrogens (primary N) is 1. The number of nitrogens with one attached hydrogen (secondary N) is 2. The van der Waals surface area contributed by atoms with Gasteiger partial charge in [-0.3, -0.25) is 4.79 Å². The Bertz CT molecular complexity index is 221. The first-order chi connectivity index (χ1) is 7.12. The molecule has 0 aliphatic heterocycles. The molecule has 0 spiro atoms. The number of halogens is 1. The normalized spacial score (nSPS) is 18.4. The van der Waals surface area contributed by atoms with Crippen LogP contribution in [0.5, 0.6) is 0 Å². The van der Waals surface area contributed by atoms with Crippen LogP contribution in [0.4, 0.5) is 0 Å². The standard InChI is InChI=1S/C11H23N3O.ClH/c1-3-6-13-10(15)7-14-11(2,8-12)9-4-5-9;/h9,14H,3-8,12H2,1-2H3,(H,13,15);1H. The van der Waals surface area contributed by atoms with Crippen molar-refractivity contribution < 1.29 is 4.79 Å². The minimum Gasteiger partial charge on any atom is -0.355 e. The van der Waals surface area contributed by atoms with Gasteiger partial charge in [0.25, 0.3) is 0 Å². The van der Waals surface area contributed by atoms with E-state index in [0.29, 0.717) is 19.0 Å². The van der Waals surface area contributed by atoms with Gasteiger partial charge in [0.2, 0.25) is 5.91 Å². The third-order valence-corrected chi connectivity index (χ3v) is 3.13. The molecule has 1 amide bonds. The van der Waals surface area contributed by atoms with E-state index in [1.807, 2.05) is 6.92 Å². The molecular formula is C11H24ClN3O. The topological polar surface area (TPSA) is 67.2 Å². The van der Waals surface area contributed by atoms with E-state index in [1.165, 1.54) is 12.8 Å². The van der Waals surface area contributed by atoms with E-state index in [1.54, 1.807) is 0 Å². The van der Waals surface area contributed by atoms with Gasteiger partial charge >= 0.3 is 0 Å². The third-order valence-electron chi connectivity index (χ3n) is 3.13. The fraction of sp³-hybridized carbons (Fsp3) is 0.909. The van der Waals surface area contributed by atoms with Gasteiger partial charge in [-0.15, -0.1) is 12.4 Å². The number of carbonyl (C=O) groups excluding carboxylic acids is 1. The van der Waals surface area contributed by atoms with Crippen LogP contribution >= 0.6 is 12.4 Å². The molecule has 0 aromatic heterocycles. The summed E-state index contributed by atoms with van der Waals surface area (Å²) in [5.41, 5.74) is 5.69. The molecule has 4 nitrogen and oxygen atoms in total. The van der Waals surface area contributed by atoms with E-state index < -0.39 is 0 Å². The minimum atomic E-state index is -0.0520. The fourth-order valence-electron chi connectivity index (χ4n) is 1.71. The Labute approximate surface area is 104 Å². The molecular weight excluding hydrogens is 226 g/mol. The molecule has 96 valence electrons. The van der Waals surface area contributed by atoms with Crippen molar-refractivity contribution in [2.45, 2.75) is 38.6 Å². The lowest BCUT2D eigenvalue weighted by molar-refractivity contribution is -0.120. The van der Waals surface area contributed by atoms with E-state index in [0.717, 1.165) is 13.0 Å². The maximum atomic E-state index is 11.4. The number of hydrogen-bond acceptors (Lipinski definition) is 3. The highest BCUT2D eigenvalue weighted by Gasteiger charge is 2.40. The van der Waals surface area contributed by atoms with Gasteiger partial charge in [-0.2, -0.15) is 0 Å². The molecule has 1 aliphatic rings. The monoisotopic (exact) mass is 249 g/mol. The molecule has 16 heavy (non-hydrogen) atoms. The van der Waals surface area contributed by atoms with Gasteiger partial charge in [-0.05, 0) is 32.1 Å². The van der Waals surface area contributed by atoms with Crippen LogP contribution in [0.25, 0.3) is 0 Å². The fourth-order valence-corrected chi connectivity index (χ4v) is 1.71. The van der Waals surface area contributed by atoms with Crippen molar-refractivity contribution in [3.05, 3.63) is 0 Å². The molecule has 0 bridgehead atoms. The second-order valence-electron chi connectivity index (χ2n) is 4.60. The predicted molar refractivity (Wildman–Crippen MR) is 68.7 cm³/mol. The van der Waals surface area contributed by atoms with E-state index in [2.05, 4.69) is 17.6 Å². The van der Waals surface area contributed by atoms with Crippen LogP contribution in [-0.4, -0.2) is 31.1 Å². The number of carbonyl (C=O) groups is 1. The Balaban J connectivity index is 0.00000225. The molecule has 1 fully saturated rings. The summed E-state index contributed by atoms with van der Waals surface area (Å²) in [7, 11) is 0. The summed E-state index contributed by atoms with van der Waals surface area (Å²) in [5.74, 6) is 0.721. The maximum absolute atomic E-state index is 11.4. The Morgan fingerprint density at radius 2 is 2.12 bits per heavy atom. The third kappa shape index (κ3) is 4.68. The Hall–Kier alpha value is -0.320. The lowest BCUT2D eigenvalue weighted by atomic mass is 9.96. The molecule has 1 rings (SSSR count). The molecule has 0 aromatic carbocycles. The second kappa shape index (κ2) is 7.09. The summed E-state index contributed by atoms with van der Waals surface area (Å²) in [6, 6.07) is 0. The second-order valence-corrected chi connectivity index (χ2v) is 4.60. The largest absolute Gasteiger partial charge is 0.355 e. The van der Waals surface area contributed by atoms with Gasteiger partial charge in [-0.25, -0.2) is 0 Å². The molecule has 0 saturated heterocycles. The van der Waals surface area contributed by atoms with Crippen molar-refractivity contribution in [2.75, 3.05) is 19.6 Å². The lowest BCUT2D eigenvalue weighted by Crippen LogP contribution is -2.53. The zero-order chi connectivity index (χ0) is 11.3. The van der Waals surface area contributed by atoms with E-state index in [9.17, 15) is 4.79 Å². The molecule has 1 atom stereocenters. The van der Waals surface area contributed by atoms with E-state index in [4.69, 9.17) is 5.73 Å². The first-order valence-electron chi connectivity index (χ1n) is 5.84. The maximum Gasteiger partial charge on any atom is 0.233 e. The zero-order valence-corrected chi connectivity index (χ0v) is 11.0. The van der Waals surface area contributed by atoms with E-state index in [-0.39, 0.29) is 23.9 Å². The smallest absolute Gasteiger partial charge is 0.233 e. The number of amides is 1. The molecule has 1 saturated carbocycles. The Morgan fingerprint density at radius 1 is 1.50 bits per heavy atom. The van der Waals surface area contributed by atoms with Crippen LogP contribution in [-0.2, 0) is 4.79 Å². The summed E-state index contributed by atoms with van der Waals surface area (Å²) in [6.45, 7) is 5.88. The van der Waals surface area contributed by atoms with Crippen LogP contribution < -0.4 is 16.4 Å². The van der Waals surface area contributed by atoms with Gasteiger partial charge in [0.05, 0.1) is 6.54 Å². The van der Waals surface area contributed by atoms with Crippen molar-refractivity contribution in [1.29, 1.82) is 0 Å². The van der Waals surface area contributed by atoms with Crippen molar-refractivity contribution in [2.24, 2.45) is 11.7 Å². The van der Waals surface area contributed by atoms with Crippen LogP contribution in [0, 0.1) is 5.92 Å². The van der Waals surface area contributed by atoms with E-state index >= 15 is 0 Å². The summed E-state index contributed by atoms with van der Waals surface area (Å²) in [5, 5.41) is 6.13. The van der Waals surface area contributed by atoms with Gasteiger partial charge in [0.15, 0.2) is 0 Å². The summed E-state index contributed by atoms with van der Waals surface area (Å²) >= 11 is 0. The quantitative estimate of drug-likeness (QED) is 0.621. The van der Waals surface area contributed by atoms with Crippen molar-refractivity contribution in [3.8, 4) is 0 Å². The van der Waals surface area contributed by atoms with Crippen molar-refractivity contribution in [3.63, 3.8) is 0 Å². The Morgan fingerprint density at radius 3 is 2.56 bits per heavy atom. The summed E-state index contributed by atoms with van der Waals surface area (Å²) in [4.78, 5) is 11.4. The minimum absolute atomic E-state index is 0. The number of hydrogen-bond donors (Lipinski definition) is 3. The van der Waals surface area contributed by atoms with Gasteiger partial charge in [-0.1, -0.05) is 6.92 Å². The average Bonchev–Trinajstić information content (AvgIpc) is 3.06. The van der Waals surface area contributed by atoms with Crippen LogP contribution in [0.3, 0.4) is 0 Å². The highest BCUT2D eigenvalue weighted by molar-refractivity contribution is 5.85. The molecule has 0 radical (unpaired) electrons. The average molecular weight is 250 g/mol. The summed E-state index contributed by atoms with van der Waals surface area (Å²) in [6.07, 6.45) is 3.44. The van der Waals surface area contributed by atoms with Gasteiger partial charge in [0, 0.05) is 18.6 Å². The molecule has 1 aliphatic carbocycles. The highest BCUT2D eigenvalue weighted by atomic mass is 35.5. The number of rotatable bonds is 7. The molecule has 1 unspecified atom stereocenters. The molecule has 0 heterocycles. The van der Waals surface area contributed by atoms with Crippen LogP contribution in [0.15, 0.2) is 0 Å². The molecule has 4 N–H and O–H groups in total. The Kier molecular flexibility index (Phi) is 6.95. The predicted octanol–water partition coefficient (Wildman–Crippen LogP) is 0.651. The van der Waals surface area contributed by atoms with Crippen LogP contribution in [0.2, 0.25) is 0 Å². The summed E-state index contributed by atoms with van der Waals surface area (Å²) < 4.78 is 0. The van der Waals surface area contributed by atoms with Crippen LogP contribution in [0.1, 0.15) is 33.1 Å². The van der Waals surface area contributed by atoms with Crippen molar-refractivity contribution in [1.82, 2.24) is 10.6 Å². The molecule has 0 aromatic rings. The zero-order valence-electron chi connectivity index (χ0n) is 10.2. The lowest BCUT2D eigenvalue weighted by Gasteiger charge is -2.29. The van der Waals surface area contributed by atoms with Gasteiger partial charge < -0.3 is 16.4 Å².